The molecule has 1 aromatic heterocycles. The molecule has 4 aromatic rings. The van der Waals surface area contributed by atoms with E-state index in [0.29, 0.717) is 27.8 Å². The summed E-state index contributed by atoms with van der Waals surface area (Å²) in [6, 6.07) is 18.4. The second kappa shape index (κ2) is 10.7. The number of hydrogen-bond donors (Lipinski definition) is 1. The molecule has 0 aliphatic carbocycles. The number of ether oxygens (including phenoxy) is 3. The Hall–Kier alpha value is -3.43. The lowest BCUT2D eigenvalue weighted by Crippen LogP contribution is -2.17. The smallest absolute Gasteiger partial charge is 0.440 e. The number of benzene rings is 3. The van der Waals surface area contributed by atoms with Crippen LogP contribution in [0.3, 0.4) is 0 Å². The lowest BCUT2D eigenvalue weighted by atomic mass is 10.1. The Bertz CT molecular complexity index is 1410. The summed E-state index contributed by atoms with van der Waals surface area (Å²) >= 11 is 9.62. The van der Waals surface area contributed by atoms with Gasteiger partial charge in [0.2, 0.25) is 5.75 Å². The predicted octanol–water partition coefficient (Wildman–Crippen LogP) is 4.76. The van der Waals surface area contributed by atoms with Crippen LogP contribution in [0, 0.1) is 0 Å². The van der Waals surface area contributed by atoms with Crippen molar-refractivity contribution in [2.24, 2.45) is 0 Å². The van der Waals surface area contributed by atoms with Gasteiger partial charge in [0.1, 0.15) is 13.2 Å². The van der Waals surface area contributed by atoms with Gasteiger partial charge < -0.3 is 18.7 Å². The van der Waals surface area contributed by atoms with E-state index in [-0.39, 0.29) is 19.8 Å². The molecule has 0 unspecified atom stereocenters. The highest BCUT2D eigenvalue weighted by molar-refractivity contribution is 9.10. The van der Waals surface area contributed by atoms with E-state index in [2.05, 4.69) is 20.9 Å². The van der Waals surface area contributed by atoms with Crippen molar-refractivity contribution >= 4 is 27.5 Å². The number of aromatic nitrogens is 2. The average molecular weight is 548 g/mol. The minimum atomic E-state index is -0.831. The van der Waals surface area contributed by atoms with Crippen LogP contribution in [0.25, 0.3) is 0 Å². The van der Waals surface area contributed by atoms with Gasteiger partial charge >= 0.3 is 11.4 Å². The van der Waals surface area contributed by atoms with Gasteiger partial charge in [-0.1, -0.05) is 57.9 Å². The van der Waals surface area contributed by atoms with E-state index in [4.69, 9.17) is 30.3 Å². The molecule has 0 radical (unpaired) electrons. The number of hydrogen-bond acceptors (Lipinski definition) is 6. The fourth-order valence-corrected chi connectivity index (χ4v) is 3.87. The molecule has 10 heteroatoms. The Morgan fingerprint density at radius 1 is 0.971 bits per heavy atom. The van der Waals surface area contributed by atoms with Crippen molar-refractivity contribution in [2.45, 2.75) is 19.8 Å². The lowest BCUT2D eigenvalue weighted by Gasteiger charge is -2.18. The molecule has 8 nitrogen and oxygen atoms in total. The van der Waals surface area contributed by atoms with Gasteiger partial charge in [-0.15, -0.1) is 4.74 Å². The Kier molecular flexibility index (Phi) is 7.44. The first-order chi connectivity index (χ1) is 16.4. The molecule has 1 N–H and O–H groups in total. The summed E-state index contributed by atoms with van der Waals surface area (Å²) in [4.78, 5) is 25.3. The molecule has 176 valence electrons. The Morgan fingerprint density at radius 2 is 1.76 bits per heavy atom. The highest BCUT2D eigenvalue weighted by Gasteiger charge is 2.17. The molecule has 0 amide bonds. The van der Waals surface area contributed by atoms with Crippen LogP contribution in [0.4, 0.5) is 0 Å². The third-order valence-corrected chi connectivity index (χ3v) is 5.88. The highest BCUT2D eigenvalue weighted by Crippen LogP contribution is 2.40. The van der Waals surface area contributed by atoms with Crippen LogP contribution < -0.4 is 25.7 Å². The minimum Gasteiger partial charge on any atom is -0.493 e. The molecule has 0 aliphatic rings. The van der Waals surface area contributed by atoms with Gasteiger partial charge in [0.05, 0.1) is 13.7 Å². The third-order valence-electron chi connectivity index (χ3n) is 4.87. The van der Waals surface area contributed by atoms with Crippen LogP contribution in [0.2, 0.25) is 5.02 Å². The van der Waals surface area contributed by atoms with Crippen molar-refractivity contribution in [3.8, 4) is 17.2 Å². The summed E-state index contributed by atoms with van der Waals surface area (Å²) in [5, 5.41) is 0.597. The summed E-state index contributed by atoms with van der Waals surface area (Å²) in [7, 11) is 1.51. The van der Waals surface area contributed by atoms with Crippen LogP contribution in [-0.2, 0) is 19.8 Å². The van der Waals surface area contributed by atoms with E-state index < -0.39 is 11.4 Å². The molecule has 0 saturated carbocycles. The van der Waals surface area contributed by atoms with Gasteiger partial charge in [0.25, 0.3) is 0 Å². The summed E-state index contributed by atoms with van der Waals surface area (Å²) in [5.74, 6) is 0.360. The Morgan fingerprint density at radius 3 is 2.47 bits per heavy atom. The summed E-state index contributed by atoms with van der Waals surface area (Å²) in [5.41, 5.74) is 1.76. The second-order valence-electron chi connectivity index (χ2n) is 7.27. The average Bonchev–Trinajstić information content (AvgIpc) is 3.13. The molecule has 0 saturated heterocycles. The zero-order valence-corrected chi connectivity index (χ0v) is 20.4. The predicted molar refractivity (Wildman–Crippen MR) is 130 cm³/mol. The van der Waals surface area contributed by atoms with Crippen molar-refractivity contribution in [2.75, 3.05) is 7.11 Å². The molecule has 4 rings (SSSR count). The van der Waals surface area contributed by atoms with E-state index in [1.165, 1.54) is 7.11 Å². The van der Waals surface area contributed by atoms with Crippen molar-refractivity contribution in [1.29, 1.82) is 0 Å². The number of nitrogens with one attached hydrogen (secondary N) is 1. The number of methoxy groups -OCH3 is 1. The monoisotopic (exact) mass is 546 g/mol. The normalized spacial score (nSPS) is 10.8. The number of rotatable bonds is 9. The molecule has 34 heavy (non-hydrogen) atoms. The second-order valence-corrected chi connectivity index (χ2v) is 8.56. The van der Waals surface area contributed by atoms with E-state index in [9.17, 15) is 9.59 Å². The largest absolute Gasteiger partial charge is 0.493 e. The van der Waals surface area contributed by atoms with Crippen LogP contribution in [0.5, 0.6) is 17.2 Å². The SMILES string of the molecule is COc1cc(Cn2oc(=O)[nH]c2=O)cc(OCc2cccc(Cl)c2)c1OCc1ccccc1Br. The van der Waals surface area contributed by atoms with E-state index in [0.717, 1.165) is 20.3 Å². The molecule has 1 heterocycles. The first-order valence-electron chi connectivity index (χ1n) is 10.2. The van der Waals surface area contributed by atoms with Gasteiger partial charge in [-0.05, 0) is 41.5 Å². The fraction of sp³-hybridized carbons (Fsp3) is 0.167. The molecular formula is C24H20BrClN2O6. The summed E-state index contributed by atoms with van der Waals surface area (Å²) in [6.45, 7) is 0.473. The van der Waals surface area contributed by atoms with E-state index >= 15 is 0 Å². The maximum absolute atomic E-state index is 11.9. The van der Waals surface area contributed by atoms with Gasteiger partial charge in [-0.3, -0.25) is 0 Å². The summed E-state index contributed by atoms with van der Waals surface area (Å²) in [6.07, 6.45) is 0. The van der Waals surface area contributed by atoms with Crippen molar-refractivity contribution < 1.29 is 18.7 Å². The molecule has 0 atom stereocenters. The van der Waals surface area contributed by atoms with Crippen molar-refractivity contribution in [1.82, 2.24) is 9.72 Å². The Labute approximate surface area is 207 Å². The highest BCUT2D eigenvalue weighted by atomic mass is 79.9. The first-order valence-corrected chi connectivity index (χ1v) is 11.3. The van der Waals surface area contributed by atoms with E-state index in [1.807, 2.05) is 36.4 Å². The zero-order chi connectivity index (χ0) is 24.1. The zero-order valence-electron chi connectivity index (χ0n) is 18.0. The van der Waals surface area contributed by atoms with Gasteiger partial charge in [0, 0.05) is 15.1 Å². The summed E-state index contributed by atoms with van der Waals surface area (Å²) < 4.78 is 24.5. The van der Waals surface area contributed by atoms with Crippen LogP contribution in [0.15, 0.2) is 79.2 Å². The minimum absolute atomic E-state index is 0.00796. The van der Waals surface area contributed by atoms with Gasteiger partial charge in [-0.2, -0.15) is 0 Å². The Balaban J connectivity index is 1.67. The molecule has 0 aliphatic heterocycles. The third kappa shape index (κ3) is 5.73. The van der Waals surface area contributed by atoms with Crippen molar-refractivity contribution in [3.63, 3.8) is 0 Å². The molecule has 3 aromatic carbocycles. The van der Waals surface area contributed by atoms with Crippen LogP contribution in [-0.4, -0.2) is 16.8 Å². The fourth-order valence-electron chi connectivity index (χ4n) is 3.26. The molecule has 0 bridgehead atoms. The number of nitrogens with zero attached hydrogens (tertiary/aromatic N) is 1. The lowest BCUT2D eigenvalue weighted by molar-refractivity contribution is 0.240. The maximum atomic E-state index is 11.9. The molecule has 0 fully saturated rings. The van der Waals surface area contributed by atoms with E-state index in [1.54, 1.807) is 24.3 Å². The molecular weight excluding hydrogens is 528 g/mol. The standard InChI is InChI=1S/C24H20BrClN2O6/c1-31-20-10-16(12-28-23(29)27-24(30)34-28)11-21(32-13-15-5-4-7-18(26)9-15)22(20)33-14-17-6-2-3-8-19(17)25/h2-11H,12-14H2,1H3,(H,27,29,30). The molecule has 0 spiro atoms. The van der Waals surface area contributed by atoms with Gasteiger partial charge in [0.15, 0.2) is 11.5 Å². The number of H-pyrrole nitrogens is 1. The van der Waals surface area contributed by atoms with Gasteiger partial charge in [-0.25, -0.2) is 14.6 Å². The van der Waals surface area contributed by atoms with Crippen LogP contribution in [0.1, 0.15) is 16.7 Å². The number of halogens is 2. The topological polar surface area (TPSA) is 95.7 Å². The van der Waals surface area contributed by atoms with Crippen LogP contribution >= 0.6 is 27.5 Å². The van der Waals surface area contributed by atoms with Crippen molar-refractivity contribution in [3.05, 3.63) is 108 Å². The maximum Gasteiger partial charge on any atom is 0.440 e. The number of aromatic amines is 1. The quantitative estimate of drug-likeness (QED) is 0.325. The first kappa shape index (κ1) is 23.7.